The van der Waals surface area contributed by atoms with Gasteiger partial charge in [0.25, 0.3) is 0 Å². The average molecular weight is 276 g/mol. The molecule has 1 fully saturated rings. The third-order valence-electron chi connectivity index (χ3n) is 3.57. The van der Waals surface area contributed by atoms with Crippen molar-refractivity contribution in [3.63, 3.8) is 0 Å². The average Bonchev–Trinajstić information content (AvgIpc) is 2.64. The number of piperazine rings is 1. The Labute approximate surface area is 118 Å². The number of furan rings is 1. The van der Waals surface area contributed by atoms with E-state index in [4.69, 9.17) is 9.68 Å². The number of amides is 1. The van der Waals surface area contributed by atoms with Crippen LogP contribution in [0.5, 0.6) is 0 Å². The normalized spacial score (nSPS) is 19.6. The molecule has 0 spiro atoms. The maximum Gasteiger partial charge on any atom is 0.240 e. The number of carbonyl (C=O) groups excluding carboxylic acids is 1. The topological polar surface area (TPSA) is 81.3 Å². The van der Waals surface area contributed by atoms with Gasteiger partial charge < -0.3 is 9.73 Å². The van der Waals surface area contributed by atoms with Crippen molar-refractivity contribution >= 4 is 11.8 Å². The molecule has 6 heteroatoms. The van der Waals surface area contributed by atoms with E-state index in [1.165, 1.54) is 0 Å². The molecule has 2 rings (SSSR count). The molecule has 0 aromatic carbocycles. The first-order chi connectivity index (χ1) is 9.51. The summed E-state index contributed by atoms with van der Waals surface area (Å²) in [4.78, 5) is 14.1. The summed E-state index contributed by atoms with van der Waals surface area (Å²) in [7, 11) is 0. The zero-order valence-corrected chi connectivity index (χ0v) is 12.1. The second kappa shape index (κ2) is 6.07. The number of nitriles is 1. The molecule has 2 heterocycles. The Bertz CT molecular complexity index is 544. The van der Waals surface area contributed by atoms with Gasteiger partial charge in [0.2, 0.25) is 11.8 Å². The maximum absolute atomic E-state index is 12.0. The Morgan fingerprint density at radius 1 is 1.60 bits per heavy atom. The van der Waals surface area contributed by atoms with Crippen molar-refractivity contribution in [2.24, 2.45) is 0 Å². The molecule has 0 aliphatic carbocycles. The van der Waals surface area contributed by atoms with E-state index in [1.807, 2.05) is 6.92 Å². The molecular weight excluding hydrogens is 256 g/mol. The van der Waals surface area contributed by atoms with Gasteiger partial charge >= 0.3 is 0 Å². The minimum absolute atomic E-state index is 0.149. The van der Waals surface area contributed by atoms with Gasteiger partial charge in [0.1, 0.15) is 17.4 Å². The van der Waals surface area contributed by atoms with Gasteiger partial charge in [0.15, 0.2) is 0 Å². The van der Waals surface area contributed by atoms with Crippen molar-refractivity contribution in [3.05, 3.63) is 16.9 Å². The highest BCUT2D eigenvalue weighted by molar-refractivity contribution is 5.92. The smallest absolute Gasteiger partial charge is 0.240 e. The van der Waals surface area contributed by atoms with Crippen LogP contribution in [0, 0.1) is 25.2 Å². The van der Waals surface area contributed by atoms with E-state index in [1.54, 1.807) is 6.92 Å². The second-order valence-corrected chi connectivity index (χ2v) is 5.24. The molecule has 20 heavy (non-hydrogen) atoms. The van der Waals surface area contributed by atoms with Gasteiger partial charge in [-0.05, 0) is 20.8 Å². The van der Waals surface area contributed by atoms with Gasteiger partial charge in [-0.1, -0.05) is 0 Å². The number of anilines is 1. The summed E-state index contributed by atoms with van der Waals surface area (Å²) in [5.74, 6) is 0.771. The number of hydrogen-bond acceptors (Lipinski definition) is 5. The zero-order chi connectivity index (χ0) is 14.7. The molecule has 1 amide bonds. The summed E-state index contributed by atoms with van der Waals surface area (Å²) in [6, 6.07) is 2.46. The molecule has 0 saturated carbocycles. The summed E-state index contributed by atoms with van der Waals surface area (Å²) in [5, 5.41) is 15.1. The third-order valence-corrected chi connectivity index (χ3v) is 3.57. The lowest BCUT2D eigenvalue weighted by atomic mass is 10.2. The third kappa shape index (κ3) is 3.18. The monoisotopic (exact) mass is 276 g/mol. The molecule has 1 aliphatic heterocycles. The SMILES string of the molecule is Cc1oc(NC(=O)CN2CCN[C@@H](C)C2)c(C#N)c1C. The Balaban J connectivity index is 1.98. The van der Waals surface area contributed by atoms with Crippen LogP contribution in [0.4, 0.5) is 5.88 Å². The first-order valence-corrected chi connectivity index (χ1v) is 6.77. The lowest BCUT2D eigenvalue weighted by Crippen LogP contribution is -2.51. The van der Waals surface area contributed by atoms with E-state index in [2.05, 4.69) is 28.5 Å². The van der Waals surface area contributed by atoms with E-state index in [9.17, 15) is 4.79 Å². The lowest BCUT2D eigenvalue weighted by Gasteiger charge is -2.31. The van der Waals surface area contributed by atoms with Crippen LogP contribution in [0.15, 0.2) is 4.42 Å². The fraction of sp³-hybridized carbons (Fsp3) is 0.571. The highest BCUT2D eigenvalue weighted by Crippen LogP contribution is 2.25. The van der Waals surface area contributed by atoms with Crippen LogP contribution < -0.4 is 10.6 Å². The number of rotatable bonds is 3. The number of nitrogens with one attached hydrogen (secondary N) is 2. The molecule has 1 aromatic rings. The number of aryl methyl sites for hydroxylation is 1. The molecule has 0 bridgehead atoms. The van der Waals surface area contributed by atoms with Crippen molar-refractivity contribution in [2.45, 2.75) is 26.8 Å². The fourth-order valence-corrected chi connectivity index (χ4v) is 2.37. The second-order valence-electron chi connectivity index (χ2n) is 5.24. The van der Waals surface area contributed by atoms with Crippen LogP contribution >= 0.6 is 0 Å². The van der Waals surface area contributed by atoms with Gasteiger partial charge in [-0.3, -0.25) is 15.0 Å². The largest absolute Gasteiger partial charge is 0.444 e. The maximum atomic E-state index is 12.0. The minimum atomic E-state index is -0.149. The summed E-state index contributed by atoms with van der Waals surface area (Å²) in [5.41, 5.74) is 1.18. The molecular formula is C14H20N4O2. The van der Waals surface area contributed by atoms with E-state index >= 15 is 0 Å². The van der Waals surface area contributed by atoms with E-state index in [-0.39, 0.29) is 11.8 Å². The molecule has 0 radical (unpaired) electrons. The van der Waals surface area contributed by atoms with Crippen LogP contribution in [0.25, 0.3) is 0 Å². The predicted octanol–water partition coefficient (Wildman–Crippen LogP) is 1.00. The standard InChI is InChI=1S/C14H20N4O2/c1-9-7-18(5-4-16-9)8-13(19)17-14-12(6-15)10(2)11(3)20-14/h9,16H,4-5,7-8H2,1-3H3,(H,17,19)/t9-/m0/s1. The Morgan fingerprint density at radius 3 is 3.00 bits per heavy atom. The highest BCUT2D eigenvalue weighted by Gasteiger charge is 2.20. The molecule has 6 nitrogen and oxygen atoms in total. The van der Waals surface area contributed by atoms with Crippen LogP contribution in [-0.4, -0.2) is 43.0 Å². The predicted molar refractivity (Wildman–Crippen MR) is 75.4 cm³/mol. The molecule has 1 aromatic heterocycles. The molecule has 1 aliphatic rings. The fourth-order valence-electron chi connectivity index (χ4n) is 2.37. The number of hydrogen-bond donors (Lipinski definition) is 2. The van der Waals surface area contributed by atoms with Crippen LogP contribution in [-0.2, 0) is 4.79 Å². The summed E-state index contributed by atoms with van der Waals surface area (Å²) in [6.45, 7) is 8.58. The first-order valence-electron chi connectivity index (χ1n) is 6.77. The van der Waals surface area contributed by atoms with Gasteiger partial charge in [-0.15, -0.1) is 0 Å². The Hall–Kier alpha value is -1.84. The van der Waals surface area contributed by atoms with Gasteiger partial charge in [0.05, 0.1) is 6.54 Å². The van der Waals surface area contributed by atoms with Crippen LogP contribution in [0.3, 0.4) is 0 Å². The molecule has 1 saturated heterocycles. The molecule has 108 valence electrons. The van der Waals surface area contributed by atoms with Crippen molar-refractivity contribution in [1.29, 1.82) is 5.26 Å². The van der Waals surface area contributed by atoms with Crippen molar-refractivity contribution in [2.75, 3.05) is 31.5 Å². The Kier molecular flexibility index (Phi) is 4.42. The Morgan fingerprint density at radius 2 is 2.35 bits per heavy atom. The zero-order valence-electron chi connectivity index (χ0n) is 12.1. The van der Waals surface area contributed by atoms with Crippen LogP contribution in [0.2, 0.25) is 0 Å². The summed E-state index contributed by atoms with van der Waals surface area (Å²) < 4.78 is 5.43. The van der Waals surface area contributed by atoms with Crippen molar-refractivity contribution in [3.8, 4) is 6.07 Å². The van der Waals surface area contributed by atoms with Crippen LogP contribution in [0.1, 0.15) is 23.8 Å². The van der Waals surface area contributed by atoms with Gasteiger partial charge in [0, 0.05) is 31.2 Å². The number of carbonyl (C=O) groups is 1. The quantitative estimate of drug-likeness (QED) is 0.860. The van der Waals surface area contributed by atoms with Gasteiger partial charge in [-0.25, -0.2) is 0 Å². The van der Waals surface area contributed by atoms with E-state index in [0.717, 1.165) is 25.2 Å². The molecule has 2 N–H and O–H groups in total. The lowest BCUT2D eigenvalue weighted by molar-refractivity contribution is -0.117. The minimum Gasteiger partial charge on any atom is -0.444 e. The summed E-state index contributed by atoms with van der Waals surface area (Å²) in [6.07, 6.45) is 0. The van der Waals surface area contributed by atoms with Crippen molar-refractivity contribution in [1.82, 2.24) is 10.2 Å². The summed E-state index contributed by atoms with van der Waals surface area (Å²) >= 11 is 0. The number of nitrogens with zero attached hydrogens (tertiary/aromatic N) is 2. The van der Waals surface area contributed by atoms with E-state index in [0.29, 0.717) is 23.9 Å². The molecule has 1 atom stereocenters. The molecule has 0 unspecified atom stereocenters. The van der Waals surface area contributed by atoms with E-state index < -0.39 is 0 Å². The first kappa shape index (κ1) is 14.6. The van der Waals surface area contributed by atoms with Gasteiger partial charge in [-0.2, -0.15) is 5.26 Å². The highest BCUT2D eigenvalue weighted by atomic mass is 16.4. The van der Waals surface area contributed by atoms with Crippen molar-refractivity contribution < 1.29 is 9.21 Å².